The molecule has 0 radical (unpaired) electrons. The quantitative estimate of drug-likeness (QED) is 0.856. The molecular weight excluding hydrogens is 221 g/mol. The van der Waals surface area contributed by atoms with Crippen molar-refractivity contribution in [2.45, 2.75) is 6.18 Å². The highest BCUT2D eigenvalue weighted by atomic mass is 19.4. The number of halogens is 3. The number of alkyl halides is 3. The highest BCUT2D eigenvalue weighted by Crippen LogP contribution is 2.30. The molecule has 0 spiro atoms. The number of benzene rings is 1. The van der Waals surface area contributed by atoms with Gasteiger partial charge in [-0.25, -0.2) is 0 Å². The number of nitrogens with one attached hydrogen (secondary N) is 1. The van der Waals surface area contributed by atoms with E-state index in [-0.39, 0.29) is 0 Å². The third-order valence-electron chi connectivity index (χ3n) is 1.86. The number of rotatable bonds is 2. The molecule has 0 unspecified atom stereocenters. The first-order chi connectivity index (χ1) is 7.55. The van der Waals surface area contributed by atoms with E-state index < -0.39 is 11.7 Å². The zero-order chi connectivity index (χ0) is 11.6. The van der Waals surface area contributed by atoms with Crippen LogP contribution in [0.5, 0.6) is 0 Å². The fourth-order valence-electron chi connectivity index (χ4n) is 1.17. The van der Waals surface area contributed by atoms with Gasteiger partial charge in [-0.15, -0.1) is 5.10 Å². The minimum absolute atomic E-state index is 0.292. The van der Waals surface area contributed by atoms with Crippen LogP contribution in [0.25, 0.3) is 0 Å². The molecule has 0 aliphatic heterocycles. The zero-order valence-corrected chi connectivity index (χ0v) is 7.94. The molecule has 4 nitrogen and oxygen atoms in total. The summed E-state index contributed by atoms with van der Waals surface area (Å²) in [5.74, 6) is 0. The topological polar surface area (TPSA) is 42.7 Å². The van der Waals surface area contributed by atoms with Gasteiger partial charge in [-0.1, -0.05) is 6.07 Å². The van der Waals surface area contributed by atoms with Crippen LogP contribution in [0.2, 0.25) is 0 Å². The summed E-state index contributed by atoms with van der Waals surface area (Å²) in [6.07, 6.45) is -1.44. The van der Waals surface area contributed by atoms with E-state index in [1.807, 2.05) is 0 Å². The molecule has 2 aromatic rings. The van der Waals surface area contributed by atoms with E-state index in [1.54, 1.807) is 0 Å². The van der Waals surface area contributed by atoms with E-state index in [9.17, 15) is 13.2 Å². The van der Waals surface area contributed by atoms with E-state index in [1.165, 1.54) is 29.3 Å². The lowest BCUT2D eigenvalue weighted by Crippen LogP contribution is -2.11. The summed E-state index contributed by atoms with van der Waals surface area (Å²) in [6.45, 7) is 0. The van der Waals surface area contributed by atoms with Gasteiger partial charge in [0.2, 0.25) is 0 Å². The molecule has 0 saturated heterocycles. The molecule has 1 aromatic heterocycles. The van der Waals surface area contributed by atoms with Crippen LogP contribution in [0.1, 0.15) is 5.56 Å². The molecule has 0 amide bonds. The van der Waals surface area contributed by atoms with Crippen LogP contribution in [-0.4, -0.2) is 15.1 Å². The predicted octanol–water partition coefficient (Wildman–Crippen LogP) is 2.17. The predicted molar refractivity (Wildman–Crippen MR) is 50.5 cm³/mol. The molecule has 0 saturated carbocycles. The highest BCUT2D eigenvalue weighted by molar-refractivity contribution is 5.45. The lowest BCUT2D eigenvalue weighted by molar-refractivity contribution is -0.137. The van der Waals surface area contributed by atoms with Crippen molar-refractivity contribution in [3.63, 3.8) is 0 Å². The van der Waals surface area contributed by atoms with Crippen molar-refractivity contribution in [3.05, 3.63) is 42.2 Å². The average Bonchev–Trinajstić information content (AvgIpc) is 2.70. The van der Waals surface area contributed by atoms with E-state index in [0.717, 1.165) is 12.1 Å². The Morgan fingerprint density at radius 3 is 2.69 bits per heavy atom. The van der Waals surface area contributed by atoms with Crippen LogP contribution in [0.3, 0.4) is 0 Å². The van der Waals surface area contributed by atoms with Crippen LogP contribution in [0, 0.1) is 0 Å². The molecule has 2 rings (SSSR count). The number of anilines is 1. The highest BCUT2D eigenvalue weighted by Gasteiger charge is 2.30. The SMILES string of the molecule is FC(F)(F)c1cccc(Nn2ccnn2)c1. The molecule has 0 bridgehead atoms. The van der Waals surface area contributed by atoms with Crippen LogP contribution >= 0.6 is 0 Å². The summed E-state index contributed by atoms with van der Waals surface area (Å²) >= 11 is 0. The van der Waals surface area contributed by atoms with E-state index in [0.29, 0.717) is 5.69 Å². The number of aromatic nitrogens is 3. The van der Waals surface area contributed by atoms with Gasteiger partial charge < -0.3 is 0 Å². The average molecular weight is 228 g/mol. The van der Waals surface area contributed by atoms with Crippen LogP contribution in [0.4, 0.5) is 18.9 Å². The maximum absolute atomic E-state index is 12.4. The lowest BCUT2D eigenvalue weighted by Gasteiger charge is -2.09. The van der Waals surface area contributed by atoms with Gasteiger partial charge >= 0.3 is 6.18 Å². The zero-order valence-electron chi connectivity index (χ0n) is 7.94. The van der Waals surface area contributed by atoms with E-state index in [2.05, 4.69) is 15.7 Å². The molecule has 0 aliphatic rings. The largest absolute Gasteiger partial charge is 0.416 e. The summed E-state index contributed by atoms with van der Waals surface area (Å²) in [6, 6.07) is 4.84. The van der Waals surface area contributed by atoms with Crippen molar-refractivity contribution in [1.82, 2.24) is 15.1 Å². The maximum Gasteiger partial charge on any atom is 0.416 e. The van der Waals surface area contributed by atoms with Crippen LogP contribution < -0.4 is 5.43 Å². The van der Waals surface area contributed by atoms with Crippen LogP contribution in [0.15, 0.2) is 36.7 Å². The molecular formula is C9H7F3N4. The first-order valence-corrected chi connectivity index (χ1v) is 4.36. The normalized spacial score (nSPS) is 11.4. The van der Waals surface area contributed by atoms with Crippen molar-refractivity contribution >= 4 is 5.69 Å². The smallest absolute Gasteiger partial charge is 0.277 e. The third-order valence-corrected chi connectivity index (χ3v) is 1.86. The van der Waals surface area contributed by atoms with Gasteiger partial charge in [0.05, 0.1) is 23.6 Å². The Hall–Kier alpha value is -2.05. The molecule has 16 heavy (non-hydrogen) atoms. The Balaban J connectivity index is 2.23. The Labute approximate surface area is 88.7 Å². The Morgan fingerprint density at radius 2 is 2.06 bits per heavy atom. The number of nitrogens with zero attached hydrogens (tertiary/aromatic N) is 3. The summed E-state index contributed by atoms with van der Waals surface area (Å²) in [4.78, 5) is 1.22. The van der Waals surface area contributed by atoms with Crippen LogP contribution in [-0.2, 0) is 6.18 Å². The minimum atomic E-state index is -4.35. The monoisotopic (exact) mass is 228 g/mol. The number of hydrogen-bond acceptors (Lipinski definition) is 3. The number of hydrogen-bond donors (Lipinski definition) is 1. The first-order valence-electron chi connectivity index (χ1n) is 4.36. The Kier molecular flexibility index (Phi) is 2.51. The molecule has 0 atom stereocenters. The fourth-order valence-corrected chi connectivity index (χ4v) is 1.17. The van der Waals surface area contributed by atoms with Gasteiger partial charge in [0.1, 0.15) is 0 Å². The van der Waals surface area contributed by atoms with Gasteiger partial charge in [-0.05, 0) is 23.4 Å². The van der Waals surface area contributed by atoms with Crippen molar-refractivity contribution < 1.29 is 13.2 Å². The maximum atomic E-state index is 12.4. The van der Waals surface area contributed by atoms with Gasteiger partial charge in [0, 0.05) is 0 Å². The molecule has 1 heterocycles. The lowest BCUT2D eigenvalue weighted by atomic mass is 10.2. The molecule has 7 heteroatoms. The third kappa shape index (κ3) is 2.30. The molecule has 0 fully saturated rings. The van der Waals surface area contributed by atoms with Gasteiger partial charge in [-0.3, -0.25) is 5.43 Å². The summed E-state index contributed by atoms with van der Waals surface area (Å²) in [7, 11) is 0. The molecule has 1 aromatic carbocycles. The second kappa shape index (κ2) is 3.84. The van der Waals surface area contributed by atoms with Crippen molar-refractivity contribution in [3.8, 4) is 0 Å². The molecule has 84 valence electrons. The minimum Gasteiger partial charge on any atom is -0.277 e. The second-order valence-electron chi connectivity index (χ2n) is 3.04. The summed E-state index contributed by atoms with van der Waals surface area (Å²) in [5.41, 5.74) is 2.22. The van der Waals surface area contributed by atoms with Crippen molar-refractivity contribution in [2.24, 2.45) is 0 Å². The molecule has 0 aliphatic carbocycles. The van der Waals surface area contributed by atoms with Crippen molar-refractivity contribution in [2.75, 3.05) is 5.43 Å². The van der Waals surface area contributed by atoms with Gasteiger partial charge in [-0.2, -0.15) is 18.0 Å². The Morgan fingerprint density at radius 1 is 1.25 bits per heavy atom. The summed E-state index contributed by atoms with van der Waals surface area (Å²) < 4.78 is 37.2. The fraction of sp³-hybridized carbons (Fsp3) is 0.111. The Bertz CT molecular complexity index is 464. The van der Waals surface area contributed by atoms with Gasteiger partial charge in [0.25, 0.3) is 0 Å². The first kappa shape index (κ1) is 10.5. The molecule has 1 N–H and O–H groups in total. The second-order valence-corrected chi connectivity index (χ2v) is 3.04. The van der Waals surface area contributed by atoms with Crippen molar-refractivity contribution in [1.29, 1.82) is 0 Å². The van der Waals surface area contributed by atoms with Gasteiger partial charge in [0.15, 0.2) is 0 Å². The van der Waals surface area contributed by atoms with E-state index in [4.69, 9.17) is 0 Å². The van der Waals surface area contributed by atoms with E-state index >= 15 is 0 Å². The standard InChI is InChI=1S/C9H7F3N4/c10-9(11,12)7-2-1-3-8(6-7)14-16-5-4-13-15-16/h1-6,14H. The summed E-state index contributed by atoms with van der Waals surface area (Å²) in [5, 5.41) is 7.10.